The Morgan fingerprint density at radius 1 is 0.833 bits per heavy atom. The summed E-state index contributed by atoms with van der Waals surface area (Å²) in [6.07, 6.45) is 3.65. The van der Waals surface area contributed by atoms with Crippen LogP contribution in [0.5, 0.6) is 0 Å². The van der Waals surface area contributed by atoms with Gasteiger partial charge in [-0.05, 0) is 53.5 Å². The summed E-state index contributed by atoms with van der Waals surface area (Å²) in [5, 5.41) is 6.44. The maximum Gasteiger partial charge on any atom is 0.298 e. The number of para-hydroxylation sites is 2. The van der Waals surface area contributed by atoms with Gasteiger partial charge in [0.2, 0.25) is 0 Å². The van der Waals surface area contributed by atoms with Crippen molar-refractivity contribution < 1.29 is 9.59 Å². The van der Waals surface area contributed by atoms with Crippen LogP contribution in [0.4, 0.5) is 10.5 Å². The van der Waals surface area contributed by atoms with E-state index in [1.165, 1.54) is 4.90 Å². The van der Waals surface area contributed by atoms with Gasteiger partial charge >= 0.3 is 0 Å². The Bertz CT molecular complexity index is 1250. The second kappa shape index (κ2) is 7.78. The third kappa shape index (κ3) is 3.38. The zero-order chi connectivity index (χ0) is 20.5. The molecule has 5 nitrogen and oxygen atoms in total. The molecular formula is C23H15N3O2S2. The number of rotatable bonds is 4. The zero-order valence-corrected chi connectivity index (χ0v) is 17.3. The Balaban J connectivity index is 1.57. The molecule has 0 radical (unpaired) electrons. The number of amides is 2. The lowest BCUT2D eigenvalue weighted by molar-refractivity contribution is -0.113. The predicted octanol–water partition coefficient (Wildman–Crippen LogP) is 5.84. The molecule has 7 heteroatoms. The highest BCUT2D eigenvalue weighted by molar-refractivity contribution is 8.19. The molecule has 1 aliphatic rings. The highest BCUT2D eigenvalue weighted by atomic mass is 32.2. The van der Waals surface area contributed by atoms with E-state index in [9.17, 15) is 9.59 Å². The third-order valence-corrected chi connectivity index (χ3v) is 6.36. The van der Waals surface area contributed by atoms with Gasteiger partial charge in [-0.3, -0.25) is 9.59 Å². The predicted molar refractivity (Wildman–Crippen MR) is 122 cm³/mol. The first-order valence-electron chi connectivity index (χ1n) is 9.23. The van der Waals surface area contributed by atoms with Crippen LogP contribution in [0.2, 0.25) is 0 Å². The van der Waals surface area contributed by atoms with Crippen LogP contribution in [0.15, 0.2) is 89.3 Å². The van der Waals surface area contributed by atoms with Crippen LogP contribution in [-0.4, -0.2) is 20.9 Å². The number of carbonyl (C=O) groups excluding carboxylic acids is 2. The first-order valence-corrected chi connectivity index (χ1v) is 10.9. The van der Waals surface area contributed by atoms with Crippen molar-refractivity contribution in [2.24, 2.45) is 0 Å². The summed E-state index contributed by atoms with van der Waals surface area (Å²) in [6.45, 7) is 0. The van der Waals surface area contributed by atoms with Crippen molar-refractivity contribution >= 4 is 46.0 Å². The smallest absolute Gasteiger partial charge is 0.268 e. The molecular weight excluding hydrogens is 414 g/mol. The largest absolute Gasteiger partial charge is 0.298 e. The van der Waals surface area contributed by atoms with E-state index >= 15 is 0 Å². The molecule has 0 spiro atoms. The van der Waals surface area contributed by atoms with Crippen LogP contribution in [0.1, 0.15) is 5.56 Å². The van der Waals surface area contributed by atoms with Gasteiger partial charge in [0.05, 0.1) is 21.2 Å². The minimum absolute atomic E-state index is 0.300. The van der Waals surface area contributed by atoms with Gasteiger partial charge in [0.1, 0.15) is 5.69 Å². The van der Waals surface area contributed by atoms with Crippen molar-refractivity contribution in [1.82, 2.24) is 9.78 Å². The normalized spacial score (nSPS) is 15.3. The first-order chi connectivity index (χ1) is 14.7. The molecule has 1 aliphatic heterocycles. The summed E-state index contributed by atoms with van der Waals surface area (Å²) in [5.41, 5.74) is 3.06. The van der Waals surface area contributed by atoms with E-state index in [2.05, 4.69) is 0 Å². The van der Waals surface area contributed by atoms with Crippen LogP contribution in [-0.2, 0) is 4.79 Å². The highest BCUT2D eigenvalue weighted by Crippen LogP contribution is 2.37. The second-order valence-corrected chi connectivity index (χ2v) is 8.48. The van der Waals surface area contributed by atoms with Gasteiger partial charge < -0.3 is 0 Å². The molecule has 0 aliphatic carbocycles. The molecule has 2 aromatic carbocycles. The number of thioether (sulfide) groups is 1. The van der Waals surface area contributed by atoms with Gasteiger partial charge in [0, 0.05) is 11.8 Å². The van der Waals surface area contributed by atoms with E-state index in [-0.39, 0.29) is 11.1 Å². The molecule has 2 aromatic heterocycles. The Labute approximate surface area is 181 Å². The van der Waals surface area contributed by atoms with Crippen molar-refractivity contribution in [2.75, 3.05) is 4.90 Å². The minimum atomic E-state index is -0.319. The molecule has 0 N–H and O–H groups in total. The van der Waals surface area contributed by atoms with E-state index < -0.39 is 0 Å². The van der Waals surface area contributed by atoms with E-state index in [0.717, 1.165) is 33.6 Å². The lowest BCUT2D eigenvalue weighted by Crippen LogP contribution is -2.27. The van der Waals surface area contributed by atoms with Crippen molar-refractivity contribution in [3.8, 4) is 16.3 Å². The van der Waals surface area contributed by atoms with Crippen LogP contribution in [0.3, 0.4) is 0 Å². The molecule has 30 heavy (non-hydrogen) atoms. The summed E-state index contributed by atoms with van der Waals surface area (Å²) < 4.78 is 1.79. The van der Waals surface area contributed by atoms with Gasteiger partial charge in [0.15, 0.2) is 0 Å². The molecule has 0 bridgehead atoms. The Hall–Kier alpha value is -3.42. The molecule has 0 atom stereocenters. The lowest BCUT2D eigenvalue weighted by Gasteiger charge is -2.11. The number of anilines is 1. The van der Waals surface area contributed by atoms with Crippen LogP contribution >= 0.6 is 23.1 Å². The average Bonchev–Trinajstić information content (AvgIpc) is 3.50. The first kappa shape index (κ1) is 18.6. The van der Waals surface area contributed by atoms with E-state index in [4.69, 9.17) is 5.10 Å². The van der Waals surface area contributed by atoms with Crippen molar-refractivity contribution in [3.05, 3.63) is 94.8 Å². The second-order valence-electron chi connectivity index (χ2n) is 6.54. The van der Waals surface area contributed by atoms with E-state index in [0.29, 0.717) is 10.6 Å². The van der Waals surface area contributed by atoms with Gasteiger partial charge in [-0.1, -0.05) is 42.5 Å². The molecule has 0 unspecified atom stereocenters. The summed E-state index contributed by atoms with van der Waals surface area (Å²) in [6, 6.07) is 22.7. The Kier molecular flexibility index (Phi) is 4.82. The minimum Gasteiger partial charge on any atom is -0.268 e. The van der Waals surface area contributed by atoms with Crippen LogP contribution in [0, 0.1) is 0 Å². The summed E-state index contributed by atoms with van der Waals surface area (Å²) in [4.78, 5) is 28.1. The summed E-state index contributed by atoms with van der Waals surface area (Å²) >= 11 is 2.53. The molecule has 1 saturated heterocycles. The molecule has 0 saturated carbocycles. The fourth-order valence-electron chi connectivity index (χ4n) is 3.22. The van der Waals surface area contributed by atoms with Crippen LogP contribution in [0.25, 0.3) is 22.3 Å². The number of carbonyl (C=O) groups is 2. The van der Waals surface area contributed by atoms with Gasteiger partial charge in [-0.15, -0.1) is 11.3 Å². The average molecular weight is 430 g/mol. The fraction of sp³-hybridized carbons (Fsp3) is 0. The third-order valence-electron chi connectivity index (χ3n) is 4.61. The number of hydrogen-bond donors (Lipinski definition) is 0. The quantitative estimate of drug-likeness (QED) is 0.382. The topological polar surface area (TPSA) is 55.2 Å². The molecule has 146 valence electrons. The number of imide groups is 1. The number of nitrogens with zero attached hydrogens (tertiary/aromatic N) is 3. The molecule has 3 heterocycles. The maximum absolute atomic E-state index is 13.0. The lowest BCUT2D eigenvalue weighted by atomic mass is 10.2. The number of aromatic nitrogens is 2. The van der Waals surface area contributed by atoms with E-state index in [1.54, 1.807) is 46.4 Å². The monoisotopic (exact) mass is 429 g/mol. The number of benzene rings is 2. The molecule has 1 fully saturated rings. The van der Waals surface area contributed by atoms with Gasteiger partial charge in [0.25, 0.3) is 11.1 Å². The Morgan fingerprint density at radius 3 is 2.20 bits per heavy atom. The van der Waals surface area contributed by atoms with Gasteiger partial charge in [-0.25, -0.2) is 9.58 Å². The number of hydrogen-bond acceptors (Lipinski definition) is 5. The molecule has 5 rings (SSSR count). The fourth-order valence-corrected chi connectivity index (χ4v) is 4.78. The maximum atomic E-state index is 13.0. The SMILES string of the molecule is O=C1S/C(=C\c2cn(-c3ccccc3)nc2-c2cccs2)C(=O)N1c1ccccc1. The van der Waals surface area contributed by atoms with Gasteiger partial charge in [-0.2, -0.15) is 5.10 Å². The van der Waals surface area contributed by atoms with Crippen molar-refractivity contribution in [2.45, 2.75) is 0 Å². The van der Waals surface area contributed by atoms with Crippen molar-refractivity contribution in [1.29, 1.82) is 0 Å². The highest BCUT2D eigenvalue weighted by Gasteiger charge is 2.36. The van der Waals surface area contributed by atoms with Crippen molar-refractivity contribution in [3.63, 3.8) is 0 Å². The molecule has 2 amide bonds. The standard InChI is InChI=1S/C23H15N3O2S2/c27-22-20(30-23(28)26(22)18-10-5-2-6-11-18)14-16-15-25(17-8-3-1-4-9-17)24-21(16)19-12-7-13-29-19/h1-15H/b20-14-. The summed E-state index contributed by atoms with van der Waals surface area (Å²) in [7, 11) is 0. The van der Waals surface area contributed by atoms with E-state index in [1.807, 2.05) is 60.1 Å². The number of thiophene rings is 1. The Morgan fingerprint density at radius 2 is 1.53 bits per heavy atom. The van der Waals surface area contributed by atoms with Crippen LogP contribution < -0.4 is 4.90 Å². The molecule has 4 aromatic rings. The summed E-state index contributed by atoms with van der Waals surface area (Å²) in [5.74, 6) is -0.319. The zero-order valence-electron chi connectivity index (χ0n) is 15.6.